The summed E-state index contributed by atoms with van der Waals surface area (Å²) in [5.74, 6) is -0.484. The number of aromatic hydroxyl groups is 1. The van der Waals surface area contributed by atoms with Crippen LogP contribution in [0.1, 0.15) is 35.8 Å². The molecule has 4 rings (SSSR count). The summed E-state index contributed by atoms with van der Waals surface area (Å²) < 4.78 is 3.53. The summed E-state index contributed by atoms with van der Waals surface area (Å²) >= 11 is 0. The van der Waals surface area contributed by atoms with Gasteiger partial charge in [0.15, 0.2) is 11.4 Å². The smallest absolute Gasteiger partial charge is 0.275 e. The van der Waals surface area contributed by atoms with Crippen molar-refractivity contribution in [3.8, 4) is 11.4 Å². The van der Waals surface area contributed by atoms with E-state index in [0.29, 0.717) is 0 Å². The molecule has 7 nitrogen and oxygen atoms in total. The zero-order chi connectivity index (χ0) is 17.2. The molecule has 7 heteroatoms. The Hall–Kier alpha value is -3.09. The van der Waals surface area contributed by atoms with Gasteiger partial charge in [0.25, 0.3) is 5.91 Å². The molecule has 1 aromatic carbocycles. The number of hydrogen-bond acceptors (Lipinski definition) is 4. The fourth-order valence-electron chi connectivity index (χ4n) is 3.41. The van der Waals surface area contributed by atoms with Crippen LogP contribution in [0.5, 0.6) is 5.75 Å². The molecule has 1 aliphatic carbocycles. The maximum Gasteiger partial charge on any atom is 0.275 e. The van der Waals surface area contributed by atoms with Crippen LogP contribution >= 0.6 is 0 Å². The summed E-state index contributed by atoms with van der Waals surface area (Å²) in [6.07, 6.45) is 9.81. The Labute approximate surface area is 144 Å². The van der Waals surface area contributed by atoms with E-state index in [9.17, 15) is 9.90 Å². The predicted octanol–water partition coefficient (Wildman–Crippen LogP) is 2.30. The molecule has 3 aromatic rings. The van der Waals surface area contributed by atoms with Crippen LogP contribution in [0, 0.1) is 0 Å². The van der Waals surface area contributed by atoms with Crippen LogP contribution in [0.3, 0.4) is 0 Å². The van der Waals surface area contributed by atoms with Crippen LogP contribution < -0.4 is 5.32 Å². The summed E-state index contributed by atoms with van der Waals surface area (Å²) in [6, 6.07) is 9.56. The van der Waals surface area contributed by atoms with Crippen molar-refractivity contribution in [2.75, 3.05) is 0 Å². The van der Waals surface area contributed by atoms with Crippen LogP contribution in [0.4, 0.5) is 0 Å². The van der Waals surface area contributed by atoms with Gasteiger partial charge in [-0.15, -0.1) is 0 Å². The summed E-state index contributed by atoms with van der Waals surface area (Å²) in [6.45, 7) is 0. The molecule has 0 saturated heterocycles. The fourth-order valence-corrected chi connectivity index (χ4v) is 3.41. The van der Waals surface area contributed by atoms with Crippen LogP contribution in [0.25, 0.3) is 5.69 Å². The zero-order valence-corrected chi connectivity index (χ0v) is 13.6. The molecule has 0 radical (unpaired) electrons. The lowest BCUT2D eigenvalue weighted by atomic mass is 10.1. The highest BCUT2D eigenvalue weighted by molar-refractivity contribution is 5.95. The number of imidazole rings is 1. The lowest BCUT2D eigenvalue weighted by molar-refractivity contribution is 0.0920. The van der Waals surface area contributed by atoms with Crippen molar-refractivity contribution in [1.29, 1.82) is 0 Å². The number of nitrogens with zero attached hydrogens (tertiary/aromatic N) is 4. The molecule has 2 heterocycles. The first-order valence-electron chi connectivity index (χ1n) is 8.35. The van der Waals surface area contributed by atoms with Crippen molar-refractivity contribution >= 4 is 5.91 Å². The van der Waals surface area contributed by atoms with Gasteiger partial charge in [0.1, 0.15) is 0 Å². The molecule has 0 bridgehead atoms. The standard InChI is InChI=1S/C18H19N5O2/c24-16-11-23(13-5-2-1-3-6-13)21-17(16)18(25)20-14-7-4-8-15(14)22-10-9-19-12-22/h1-3,5-6,9-12,14-15,24H,4,7-8H2,(H,20,25)/t14-,15-/m1/s1. The molecule has 1 saturated carbocycles. The first kappa shape index (κ1) is 15.4. The van der Waals surface area contributed by atoms with Crippen molar-refractivity contribution in [3.05, 3.63) is 60.9 Å². The number of rotatable bonds is 4. The summed E-state index contributed by atoms with van der Waals surface area (Å²) in [4.78, 5) is 16.7. The minimum atomic E-state index is -0.357. The molecule has 1 fully saturated rings. The highest BCUT2D eigenvalue weighted by Crippen LogP contribution is 2.30. The maximum atomic E-state index is 12.6. The van der Waals surface area contributed by atoms with Gasteiger partial charge < -0.3 is 15.0 Å². The molecule has 128 valence electrons. The fraction of sp³-hybridized carbons (Fsp3) is 0.278. The van der Waals surface area contributed by atoms with Crippen molar-refractivity contribution in [3.63, 3.8) is 0 Å². The summed E-state index contributed by atoms with van der Waals surface area (Å²) in [5.41, 5.74) is 0.828. The van der Waals surface area contributed by atoms with Crippen molar-refractivity contribution in [2.24, 2.45) is 0 Å². The van der Waals surface area contributed by atoms with E-state index in [1.807, 2.05) is 41.1 Å². The molecule has 0 unspecified atom stereocenters. The first-order valence-corrected chi connectivity index (χ1v) is 8.35. The van der Waals surface area contributed by atoms with E-state index >= 15 is 0 Å². The topological polar surface area (TPSA) is 85.0 Å². The van der Waals surface area contributed by atoms with Gasteiger partial charge in [-0.25, -0.2) is 9.67 Å². The average molecular weight is 337 g/mol. The van der Waals surface area contributed by atoms with Gasteiger partial charge in [-0.05, 0) is 31.4 Å². The Balaban J connectivity index is 1.52. The lowest BCUT2D eigenvalue weighted by Gasteiger charge is -2.21. The third-order valence-corrected chi connectivity index (χ3v) is 4.63. The number of aromatic nitrogens is 4. The second-order valence-corrected chi connectivity index (χ2v) is 6.23. The van der Waals surface area contributed by atoms with E-state index in [4.69, 9.17) is 0 Å². The lowest BCUT2D eigenvalue weighted by Crippen LogP contribution is -2.38. The molecule has 0 spiro atoms. The van der Waals surface area contributed by atoms with Gasteiger partial charge in [-0.1, -0.05) is 18.2 Å². The van der Waals surface area contributed by atoms with Crippen LogP contribution in [0.15, 0.2) is 55.2 Å². The maximum absolute atomic E-state index is 12.6. The van der Waals surface area contributed by atoms with Gasteiger partial charge in [0.05, 0.1) is 24.3 Å². The molecule has 1 amide bonds. The van der Waals surface area contributed by atoms with Gasteiger partial charge in [0.2, 0.25) is 0 Å². The van der Waals surface area contributed by atoms with Gasteiger partial charge in [0, 0.05) is 18.4 Å². The van der Waals surface area contributed by atoms with Gasteiger partial charge in [-0.3, -0.25) is 4.79 Å². The van der Waals surface area contributed by atoms with Crippen LogP contribution in [-0.2, 0) is 0 Å². The quantitative estimate of drug-likeness (QED) is 0.765. The minimum Gasteiger partial charge on any atom is -0.504 e. The first-order chi connectivity index (χ1) is 12.2. The predicted molar refractivity (Wildman–Crippen MR) is 91.6 cm³/mol. The van der Waals surface area contributed by atoms with Crippen molar-refractivity contribution in [2.45, 2.75) is 31.3 Å². The second-order valence-electron chi connectivity index (χ2n) is 6.23. The van der Waals surface area contributed by atoms with Gasteiger partial charge in [-0.2, -0.15) is 5.10 Å². The Morgan fingerprint density at radius 1 is 1.24 bits per heavy atom. The zero-order valence-electron chi connectivity index (χ0n) is 13.6. The number of carbonyl (C=O) groups excluding carboxylic acids is 1. The molecular weight excluding hydrogens is 318 g/mol. The Kier molecular flexibility index (Phi) is 3.97. The largest absolute Gasteiger partial charge is 0.504 e. The van der Waals surface area contributed by atoms with E-state index in [-0.39, 0.29) is 29.4 Å². The van der Waals surface area contributed by atoms with E-state index in [1.54, 1.807) is 12.5 Å². The number of amides is 1. The number of benzene rings is 1. The van der Waals surface area contributed by atoms with E-state index in [1.165, 1.54) is 10.9 Å². The summed E-state index contributed by atoms with van der Waals surface area (Å²) in [7, 11) is 0. The minimum absolute atomic E-state index is 0.00275. The molecule has 2 aromatic heterocycles. The summed E-state index contributed by atoms with van der Waals surface area (Å²) in [5, 5.41) is 17.4. The Morgan fingerprint density at radius 2 is 2.08 bits per heavy atom. The van der Waals surface area contributed by atoms with Crippen molar-refractivity contribution in [1.82, 2.24) is 24.6 Å². The normalized spacial score (nSPS) is 19.8. The SMILES string of the molecule is O=C(N[C@@H]1CCC[C@H]1n1ccnc1)c1nn(-c2ccccc2)cc1O. The third kappa shape index (κ3) is 3.00. The second kappa shape index (κ2) is 6.43. The molecule has 2 atom stereocenters. The van der Waals surface area contributed by atoms with Crippen molar-refractivity contribution < 1.29 is 9.90 Å². The Morgan fingerprint density at radius 3 is 2.84 bits per heavy atom. The van der Waals surface area contributed by atoms with E-state index < -0.39 is 0 Å². The monoisotopic (exact) mass is 337 g/mol. The molecule has 0 aliphatic heterocycles. The highest BCUT2D eigenvalue weighted by Gasteiger charge is 2.31. The number of para-hydroxylation sites is 1. The number of carbonyl (C=O) groups is 1. The molecule has 25 heavy (non-hydrogen) atoms. The number of hydrogen-bond donors (Lipinski definition) is 2. The highest BCUT2D eigenvalue weighted by atomic mass is 16.3. The van der Waals surface area contributed by atoms with Gasteiger partial charge >= 0.3 is 0 Å². The molecule has 1 aliphatic rings. The van der Waals surface area contributed by atoms with E-state index in [2.05, 4.69) is 15.4 Å². The Bertz CT molecular complexity index is 857. The molecular formula is C18H19N5O2. The number of nitrogens with one attached hydrogen (secondary N) is 1. The molecule has 2 N–H and O–H groups in total. The van der Waals surface area contributed by atoms with Crippen LogP contribution in [-0.4, -0.2) is 36.4 Å². The van der Waals surface area contributed by atoms with Crippen LogP contribution in [0.2, 0.25) is 0 Å². The van der Waals surface area contributed by atoms with E-state index in [0.717, 1.165) is 24.9 Å². The average Bonchev–Trinajstić information content (AvgIpc) is 3.35. The third-order valence-electron chi connectivity index (χ3n) is 4.63.